The predicted molar refractivity (Wildman–Crippen MR) is 43.4 cm³/mol. The van der Waals surface area contributed by atoms with Crippen LogP contribution in [0.5, 0.6) is 0 Å². The molecule has 1 saturated heterocycles. The number of rotatable bonds is 3. The fourth-order valence-corrected chi connectivity index (χ4v) is 2.57. The summed E-state index contributed by atoms with van der Waals surface area (Å²) in [5, 5.41) is 0. The molecule has 1 fully saturated rings. The minimum absolute atomic E-state index is 0.188. The van der Waals surface area contributed by atoms with E-state index in [2.05, 4.69) is 12.5 Å². The monoisotopic (exact) mass is 218 g/mol. The Bertz CT molecular complexity index is 182. The van der Waals surface area contributed by atoms with Crippen LogP contribution >= 0.6 is 10.9 Å². The Morgan fingerprint density at radius 1 is 1.67 bits per heavy atom. The SMILES string of the molecule is COS(=O)OC1CCOS1(O)O. The first-order chi connectivity index (χ1) is 5.56. The van der Waals surface area contributed by atoms with Gasteiger partial charge in [-0.05, 0) is 0 Å². The summed E-state index contributed by atoms with van der Waals surface area (Å²) < 4.78 is 42.4. The molecule has 1 rings (SSSR count). The predicted octanol–water partition coefficient (Wildman–Crippen LogP) is 0.640. The van der Waals surface area contributed by atoms with E-state index in [0.717, 1.165) is 0 Å². The van der Waals surface area contributed by atoms with Gasteiger partial charge in [-0.2, -0.15) is 4.21 Å². The van der Waals surface area contributed by atoms with Crippen LogP contribution in [0.2, 0.25) is 0 Å². The highest BCUT2D eigenvalue weighted by atomic mass is 32.3. The maximum absolute atomic E-state index is 10.7. The van der Waals surface area contributed by atoms with Crippen molar-refractivity contribution in [1.29, 1.82) is 0 Å². The molecule has 1 aliphatic rings. The van der Waals surface area contributed by atoms with E-state index in [9.17, 15) is 4.21 Å². The van der Waals surface area contributed by atoms with Crippen LogP contribution in [0.4, 0.5) is 0 Å². The van der Waals surface area contributed by atoms with Crippen molar-refractivity contribution in [2.45, 2.75) is 11.9 Å². The molecule has 0 aromatic carbocycles. The smallest absolute Gasteiger partial charge is 0.305 e. The zero-order valence-electron chi connectivity index (χ0n) is 6.34. The van der Waals surface area contributed by atoms with Crippen LogP contribution in [-0.2, 0) is 23.9 Å². The number of hydrogen-bond donors (Lipinski definition) is 2. The van der Waals surface area contributed by atoms with Crippen molar-refractivity contribution in [3.8, 4) is 0 Å². The molecular formula is C4H10O6S2. The van der Waals surface area contributed by atoms with E-state index in [4.69, 9.17) is 9.11 Å². The van der Waals surface area contributed by atoms with Crippen molar-refractivity contribution >= 4 is 22.2 Å². The molecular weight excluding hydrogens is 208 g/mol. The van der Waals surface area contributed by atoms with Gasteiger partial charge in [-0.15, -0.1) is 0 Å². The van der Waals surface area contributed by atoms with E-state index in [-0.39, 0.29) is 6.61 Å². The lowest BCUT2D eigenvalue weighted by atomic mass is 10.5. The minimum Gasteiger partial charge on any atom is -0.306 e. The van der Waals surface area contributed by atoms with Gasteiger partial charge in [0, 0.05) is 6.42 Å². The molecule has 2 N–H and O–H groups in total. The van der Waals surface area contributed by atoms with Crippen molar-refractivity contribution in [3.05, 3.63) is 0 Å². The fourth-order valence-electron chi connectivity index (χ4n) is 0.723. The highest BCUT2D eigenvalue weighted by Gasteiger charge is 2.39. The second kappa shape index (κ2) is 4.01. The van der Waals surface area contributed by atoms with Gasteiger partial charge in [0.1, 0.15) is 10.9 Å². The molecule has 0 amide bonds. The van der Waals surface area contributed by atoms with Gasteiger partial charge in [0.15, 0.2) is 5.44 Å². The summed E-state index contributed by atoms with van der Waals surface area (Å²) in [4.78, 5) is 0. The second-order valence-corrected chi connectivity index (χ2v) is 4.82. The summed E-state index contributed by atoms with van der Waals surface area (Å²) in [7, 11) is -2.00. The average molecular weight is 218 g/mol. The lowest BCUT2D eigenvalue weighted by Gasteiger charge is -2.24. The van der Waals surface area contributed by atoms with E-state index in [0.29, 0.717) is 6.42 Å². The first-order valence-electron chi connectivity index (χ1n) is 3.11. The Labute approximate surface area is 74.2 Å². The summed E-state index contributed by atoms with van der Waals surface area (Å²) in [6, 6.07) is 0. The molecule has 2 unspecified atom stereocenters. The third-order valence-corrected chi connectivity index (χ3v) is 3.59. The first-order valence-corrected chi connectivity index (χ1v) is 5.64. The van der Waals surface area contributed by atoms with Gasteiger partial charge in [0.2, 0.25) is 0 Å². The molecule has 0 saturated carbocycles. The average Bonchev–Trinajstić information content (AvgIpc) is 2.31. The number of hydrogen-bond acceptors (Lipinski definition) is 6. The molecule has 0 aliphatic carbocycles. The maximum atomic E-state index is 10.7. The minimum atomic E-state index is -3.19. The van der Waals surface area contributed by atoms with Gasteiger partial charge in [-0.1, -0.05) is 0 Å². The summed E-state index contributed by atoms with van der Waals surface area (Å²) in [6.07, 6.45) is 0.303. The second-order valence-electron chi connectivity index (χ2n) is 2.04. The van der Waals surface area contributed by atoms with Gasteiger partial charge < -0.3 is 9.11 Å². The Balaban J connectivity index is 2.47. The maximum Gasteiger partial charge on any atom is 0.305 e. The lowest BCUT2D eigenvalue weighted by Crippen LogP contribution is -2.17. The van der Waals surface area contributed by atoms with E-state index in [1.165, 1.54) is 7.11 Å². The Morgan fingerprint density at radius 3 is 2.75 bits per heavy atom. The van der Waals surface area contributed by atoms with Gasteiger partial charge in [-0.3, -0.25) is 8.37 Å². The first kappa shape index (κ1) is 10.4. The summed E-state index contributed by atoms with van der Waals surface area (Å²) >= 11 is -1.94. The zero-order valence-corrected chi connectivity index (χ0v) is 7.97. The van der Waals surface area contributed by atoms with Gasteiger partial charge in [-0.25, -0.2) is 4.18 Å². The van der Waals surface area contributed by atoms with Crippen molar-refractivity contribution in [2.75, 3.05) is 13.7 Å². The van der Waals surface area contributed by atoms with Gasteiger partial charge in [0.25, 0.3) is 0 Å². The Kier molecular flexibility index (Phi) is 3.47. The quantitative estimate of drug-likeness (QED) is 0.723. The zero-order chi connectivity index (χ0) is 9.19. The molecule has 1 aliphatic heterocycles. The van der Waals surface area contributed by atoms with Crippen LogP contribution in [0.1, 0.15) is 6.42 Å². The topological polar surface area (TPSA) is 85.2 Å². The van der Waals surface area contributed by atoms with Gasteiger partial charge in [0.05, 0.1) is 13.7 Å². The van der Waals surface area contributed by atoms with E-state index in [1.807, 2.05) is 0 Å². The van der Waals surface area contributed by atoms with Crippen molar-refractivity contribution in [2.24, 2.45) is 0 Å². The molecule has 0 spiro atoms. The third kappa shape index (κ3) is 2.39. The molecule has 1 heterocycles. The highest BCUT2D eigenvalue weighted by Crippen LogP contribution is 2.52. The summed E-state index contributed by atoms with van der Waals surface area (Å²) in [6.45, 7) is 0.188. The van der Waals surface area contributed by atoms with E-state index < -0.39 is 27.7 Å². The Morgan fingerprint density at radius 2 is 2.33 bits per heavy atom. The molecule has 12 heavy (non-hydrogen) atoms. The Hall–Kier alpha value is 0.300. The van der Waals surface area contributed by atoms with Crippen LogP contribution in [0, 0.1) is 0 Å². The molecule has 0 aromatic heterocycles. The molecule has 6 nitrogen and oxygen atoms in total. The van der Waals surface area contributed by atoms with Crippen molar-refractivity contribution in [3.63, 3.8) is 0 Å². The third-order valence-electron chi connectivity index (χ3n) is 1.27. The van der Waals surface area contributed by atoms with Crippen LogP contribution in [0.3, 0.4) is 0 Å². The fraction of sp³-hybridized carbons (Fsp3) is 1.00. The molecule has 0 radical (unpaired) electrons. The van der Waals surface area contributed by atoms with Crippen LogP contribution < -0.4 is 0 Å². The molecule has 0 bridgehead atoms. The highest BCUT2D eigenvalue weighted by molar-refractivity contribution is 8.20. The van der Waals surface area contributed by atoms with Crippen molar-refractivity contribution in [1.82, 2.24) is 0 Å². The molecule has 2 atom stereocenters. The van der Waals surface area contributed by atoms with Crippen LogP contribution in [0.15, 0.2) is 0 Å². The van der Waals surface area contributed by atoms with Crippen LogP contribution in [0.25, 0.3) is 0 Å². The van der Waals surface area contributed by atoms with E-state index in [1.54, 1.807) is 0 Å². The summed E-state index contributed by atoms with van der Waals surface area (Å²) in [5.74, 6) is 0. The van der Waals surface area contributed by atoms with Crippen LogP contribution in [-0.4, -0.2) is 32.5 Å². The molecule has 74 valence electrons. The summed E-state index contributed by atoms with van der Waals surface area (Å²) in [5.41, 5.74) is -0.946. The largest absolute Gasteiger partial charge is 0.306 e. The molecule has 8 heteroatoms. The van der Waals surface area contributed by atoms with Gasteiger partial charge >= 0.3 is 11.4 Å². The molecule has 0 aromatic rings. The normalized spacial score (nSPS) is 33.1. The van der Waals surface area contributed by atoms with Crippen molar-refractivity contribution < 1.29 is 25.9 Å². The van der Waals surface area contributed by atoms with E-state index >= 15 is 0 Å². The standard InChI is InChI=1S/C4H10O6S2/c1-8-11(5)10-4-2-3-9-12(4,6)7/h4,6-7H,2-3H2,1H3. The lowest BCUT2D eigenvalue weighted by molar-refractivity contribution is 0.240.